The lowest BCUT2D eigenvalue weighted by Crippen LogP contribution is -2.47. The molecule has 3 unspecified atom stereocenters. The molecule has 1 aliphatic heterocycles. The van der Waals surface area contributed by atoms with Crippen LogP contribution < -0.4 is 5.32 Å². The lowest BCUT2D eigenvalue weighted by molar-refractivity contribution is 0.107. The molecule has 1 aliphatic carbocycles. The second-order valence-electron chi connectivity index (χ2n) is 6.48. The lowest BCUT2D eigenvalue weighted by Gasteiger charge is -2.36. The molecule has 2 aliphatic rings. The predicted octanol–water partition coefficient (Wildman–Crippen LogP) is 1.86. The van der Waals surface area contributed by atoms with E-state index in [1.54, 1.807) is 0 Å². The van der Waals surface area contributed by atoms with Crippen molar-refractivity contribution in [1.82, 2.24) is 10.2 Å². The summed E-state index contributed by atoms with van der Waals surface area (Å²) in [7, 11) is 0. The Hall–Kier alpha value is -0.120. The Labute approximate surface area is 112 Å². The molecule has 0 bridgehead atoms. The molecule has 1 saturated carbocycles. The van der Waals surface area contributed by atoms with Gasteiger partial charge < -0.3 is 15.3 Å². The van der Waals surface area contributed by atoms with Gasteiger partial charge in [-0.1, -0.05) is 20.3 Å². The number of hydrogen-bond donors (Lipinski definition) is 2. The summed E-state index contributed by atoms with van der Waals surface area (Å²) in [5.74, 6) is 1.51. The molecule has 2 fully saturated rings. The smallest absolute Gasteiger partial charge is 0.0791 e. The number of β-amino-alcohol motifs (C(OH)–C–C–N with tert-alkyl or cyclic N) is 1. The van der Waals surface area contributed by atoms with Crippen molar-refractivity contribution >= 4 is 0 Å². The van der Waals surface area contributed by atoms with Gasteiger partial charge in [0.15, 0.2) is 0 Å². The van der Waals surface area contributed by atoms with Crippen LogP contribution in [0.25, 0.3) is 0 Å². The third-order valence-corrected chi connectivity index (χ3v) is 4.80. The molecule has 0 aromatic heterocycles. The molecule has 3 nitrogen and oxygen atoms in total. The molecule has 1 heterocycles. The molecule has 1 saturated heterocycles. The zero-order valence-corrected chi connectivity index (χ0v) is 12.1. The van der Waals surface area contributed by atoms with Crippen LogP contribution in [-0.2, 0) is 0 Å². The van der Waals surface area contributed by atoms with Crippen LogP contribution >= 0.6 is 0 Å². The molecule has 0 aromatic carbocycles. The van der Waals surface area contributed by atoms with Gasteiger partial charge >= 0.3 is 0 Å². The first kappa shape index (κ1) is 14.3. The summed E-state index contributed by atoms with van der Waals surface area (Å²) in [5.41, 5.74) is 0. The van der Waals surface area contributed by atoms with Crippen molar-refractivity contribution in [3.63, 3.8) is 0 Å². The third kappa shape index (κ3) is 3.94. The van der Waals surface area contributed by atoms with Crippen LogP contribution in [0, 0.1) is 11.8 Å². The van der Waals surface area contributed by atoms with E-state index in [4.69, 9.17) is 0 Å². The number of rotatable bonds is 5. The fraction of sp³-hybridized carbons (Fsp3) is 1.00. The van der Waals surface area contributed by atoms with E-state index in [9.17, 15) is 5.11 Å². The van der Waals surface area contributed by atoms with Gasteiger partial charge in [0.25, 0.3) is 0 Å². The van der Waals surface area contributed by atoms with E-state index in [-0.39, 0.29) is 6.10 Å². The quantitative estimate of drug-likeness (QED) is 0.786. The maximum Gasteiger partial charge on any atom is 0.0791 e. The van der Waals surface area contributed by atoms with Crippen LogP contribution in [0.3, 0.4) is 0 Å². The monoisotopic (exact) mass is 254 g/mol. The van der Waals surface area contributed by atoms with Gasteiger partial charge in [0, 0.05) is 19.1 Å². The Morgan fingerprint density at radius 3 is 2.33 bits per heavy atom. The normalized spacial score (nSPS) is 35.8. The molecule has 18 heavy (non-hydrogen) atoms. The van der Waals surface area contributed by atoms with Gasteiger partial charge in [0.05, 0.1) is 6.10 Å². The number of aliphatic hydroxyl groups excluding tert-OH is 1. The Morgan fingerprint density at radius 1 is 1.11 bits per heavy atom. The molecular formula is C15H30N2O. The molecule has 0 spiro atoms. The Bertz CT molecular complexity index is 231. The van der Waals surface area contributed by atoms with Crippen molar-refractivity contribution < 1.29 is 5.11 Å². The Morgan fingerprint density at radius 2 is 1.72 bits per heavy atom. The standard InChI is InChI=1S/C15H30N2O/c1-12-6-5-7-13(2)15(12)16-10-14(18)11-17-8-3-4-9-17/h12-16,18H,3-11H2,1-2H3. The van der Waals surface area contributed by atoms with E-state index in [0.29, 0.717) is 6.04 Å². The summed E-state index contributed by atoms with van der Waals surface area (Å²) < 4.78 is 0. The van der Waals surface area contributed by atoms with Crippen LogP contribution in [0.2, 0.25) is 0 Å². The molecule has 0 amide bonds. The minimum atomic E-state index is -0.204. The van der Waals surface area contributed by atoms with E-state index in [1.807, 2.05) is 0 Å². The zero-order valence-electron chi connectivity index (χ0n) is 12.1. The molecule has 3 heteroatoms. The van der Waals surface area contributed by atoms with Gasteiger partial charge in [0.2, 0.25) is 0 Å². The predicted molar refractivity (Wildman–Crippen MR) is 75.7 cm³/mol. The van der Waals surface area contributed by atoms with E-state index >= 15 is 0 Å². The second kappa shape index (κ2) is 6.88. The highest BCUT2D eigenvalue weighted by Gasteiger charge is 2.27. The largest absolute Gasteiger partial charge is 0.390 e. The van der Waals surface area contributed by atoms with Gasteiger partial charge in [-0.3, -0.25) is 0 Å². The molecule has 0 aromatic rings. The van der Waals surface area contributed by atoms with Crippen LogP contribution in [0.5, 0.6) is 0 Å². The molecule has 2 rings (SSSR count). The first-order valence-electron chi connectivity index (χ1n) is 7.80. The maximum absolute atomic E-state index is 10.1. The summed E-state index contributed by atoms with van der Waals surface area (Å²) in [6.07, 6.45) is 6.45. The lowest BCUT2D eigenvalue weighted by atomic mass is 9.78. The summed E-state index contributed by atoms with van der Waals surface area (Å²) in [6.45, 7) is 8.65. The van der Waals surface area contributed by atoms with Crippen molar-refractivity contribution in [2.45, 2.75) is 58.1 Å². The van der Waals surface area contributed by atoms with Gasteiger partial charge in [-0.15, -0.1) is 0 Å². The highest BCUT2D eigenvalue weighted by molar-refractivity contribution is 4.84. The average molecular weight is 254 g/mol. The van der Waals surface area contributed by atoms with Gasteiger partial charge in [-0.2, -0.15) is 0 Å². The number of aliphatic hydroxyl groups is 1. The SMILES string of the molecule is CC1CCCC(C)C1NCC(O)CN1CCCC1. The summed E-state index contributed by atoms with van der Waals surface area (Å²) in [6, 6.07) is 0.604. The van der Waals surface area contributed by atoms with Crippen LogP contribution in [0.15, 0.2) is 0 Å². The first-order chi connectivity index (χ1) is 8.66. The Balaban J connectivity index is 1.68. The Kier molecular flexibility index (Phi) is 5.46. The third-order valence-electron chi connectivity index (χ3n) is 4.80. The van der Waals surface area contributed by atoms with Crippen LogP contribution in [0.4, 0.5) is 0 Å². The van der Waals surface area contributed by atoms with Gasteiger partial charge in [-0.05, 0) is 50.6 Å². The minimum Gasteiger partial charge on any atom is -0.390 e. The van der Waals surface area contributed by atoms with Gasteiger partial charge in [-0.25, -0.2) is 0 Å². The number of likely N-dealkylation sites (tertiary alicyclic amines) is 1. The zero-order chi connectivity index (χ0) is 13.0. The van der Waals surface area contributed by atoms with E-state index < -0.39 is 0 Å². The molecule has 3 atom stereocenters. The summed E-state index contributed by atoms with van der Waals surface area (Å²) in [5, 5.41) is 13.7. The summed E-state index contributed by atoms with van der Waals surface area (Å²) >= 11 is 0. The minimum absolute atomic E-state index is 0.204. The highest BCUT2D eigenvalue weighted by atomic mass is 16.3. The molecule has 0 radical (unpaired) electrons. The van der Waals surface area contributed by atoms with Crippen LogP contribution in [-0.4, -0.2) is 48.3 Å². The van der Waals surface area contributed by atoms with Crippen molar-refractivity contribution in [3.8, 4) is 0 Å². The van der Waals surface area contributed by atoms with E-state index in [0.717, 1.165) is 24.9 Å². The highest BCUT2D eigenvalue weighted by Crippen LogP contribution is 2.28. The number of nitrogens with zero attached hydrogens (tertiary/aromatic N) is 1. The molecule has 2 N–H and O–H groups in total. The molecule has 106 valence electrons. The second-order valence-corrected chi connectivity index (χ2v) is 6.48. The molecular weight excluding hydrogens is 224 g/mol. The topological polar surface area (TPSA) is 35.5 Å². The number of hydrogen-bond acceptors (Lipinski definition) is 3. The van der Waals surface area contributed by atoms with Crippen LogP contribution in [0.1, 0.15) is 46.0 Å². The number of nitrogens with one attached hydrogen (secondary N) is 1. The van der Waals surface area contributed by atoms with Crippen molar-refractivity contribution in [3.05, 3.63) is 0 Å². The van der Waals surface area contributed by atoms with Crippen molar-refractivity contribution in [2.24, 2.45) is 11.8 Å². The average Bonchev–Trinajstić information content (AvgIpc) is 2.81. The van der Waals surface area contributed by atoms with E-state index in [2.05, 4.69) is 24.1 Å². The van der Waals surface area contributed by atoms with Crippen molar-refractivity contribution in [2.75, 3.05) is 26.2 Å². The van der Waals surface area contributed by atoms with E-state index in [1.165, 1.54) is 45.2 Å². The fourth-order valence-corrected chi connectivity index (χ4v) is 3.68. The summed E-state index contributed by atoms with van der Waals surface area (Å²) in [4.78, 5) is 2.39. The van der Waals surface area contributed by atoms with Crippen molar-refractivity contribution in [1.29, 1.82) is 0 Å². The maximum atomic E-state index is 10.1. The first-order valence-corrected chi connectivity index (χ1v) is 7.80. The fourth-order valence-electron chi connectivity index (χ4n) is 3.68. The van der Waals surface area contributed by atoms with Gasteiger partial charge in [0.1, 0.15) is 0 Å².